The third-order valence-electron chi connectivity index (χ3n) is 5.54. The van der Waals surface area contributed by atoms with Crippen molar-refractivity contribution in [3.63, 3.8) is 0 Å². The molecule has 0 saturated carbocycles. The van der Waals surface area contributed by atoms with Crippen LogP contribution in [0.5, 0.6) is 0 Å². The van der Waals surface area contributed by atoms with Gasteiger partial charge in [-0.05, 0) is 42.4 Å². The van der Waals surface area contributed by atoms with Gasteiger partial charge in [0.25, 0.3) is 0 Å². The minimum atomic E-state index is 0.260. The van der Waals surface area contributed by atoms with E-state index in [0.29, 0.717) is 6.04 Å². The highest BCUT2D eigenvalue weighted by Gasteiger charge is 2.36. The maximum Gasteiger partial charge on any atom is 0.0600 e. The fourth-order valence-electron chi connectivity index (χ4n) is 4.34. The predicted molar refractivity (Wildman–Crippen MR) is 96.6 cm³/mol. The summed E-state index contributed by atoms with van der Waals surface area (Å²) >= 11 is 0. The second kappa shape index (κ2) is 7.06. The van der Waals surface area contributed by atoms with Gasteiger partial charge in [0.05, 0.1) is 12.6 Å². The average Bonchev–Trinajstić information content (AvgIpc) is 3.11. The van der Waals surface area contributed by atoms with Gasteiger partial charge < -0.3 is 5.11 Å². The zero-order valence-corrected chi connectivity index (χ0v) is 14.1. The first-order valence-electron chi connectivity index (χ1n) is 9.12. The zero-order valence-electron chi connectivity index (χ0n) is 14.1. The van der Waals surface area contributed by atoms with Crippen molar-refractivity contribution in [2.75, 3.05) is 19.7 Å². The van der Waals surface area contributed by atoms with Crippen LogP contribution in [0.25, 0.3) is 0 Å². The van der Waals surface area contributed by atoms with E-state index in [2.05, 4.69) is 64.6 Å². The minimum Gasteiger partial charge on any atom is -0.395 e. The molecule has 126 valence electrons. The van der Waals surface area contributed by atoms with Gasteiger partial charge in [-0.2, -0.15) is 0 Å². The Morgan fingerprint density at radius 2 is 1.71 bits per heavy atom. The van der Waals surface area contributed by atoms with Gasteiger partial charge in [0.2, 0.25) is 0 Å². The lowest BCUT2D eigenvalue weighted by Crippen LogP contribution is -2.51. The zero-order chi connectivity index (χ0) is 16.4. The van der Waals surface area contributed by atoms with Crippen LogP contribution < -0.4 is 0 Å². The highest BCUT2D eigenvalue weighted by Crippen LogP contribution is 2.36. The van der Waals surface area contributed by atoms with Crippen molar-refractivity contribution in [1.82, 2.24) is 10.0 Å². The van der Waals surface area contributed by atoms with E-state index in [0.717, 1.165) is 32.4 Å². The van der Waals surface area contributed by atoms with Gasteiger partial charge in [0.15, 0.2) is 0 Å². The molecule has 4 rings (SSSR count). The molecule has 0 radical (unpaired) electrons. The van der Waals surface area contributed by atoms with E-state index in [1.807, 2.05) is 0 Å². The highest BCUT2D eigenvalue weighted by molar-refractivity contribution is 5.34. The molecule has 0 spiro atoms. The average molecular weight is 322 g/mol. The molecular weight excluding hydrogens is 296 g/mol. The Morgan fingerprint density at radius 1 is 0.917 bits per heavy atom. The molecule has 2 atom stereocenters. The molecule has 24 heavy (non-hydrogen) atoms. The number of aliphatic hydroxyl groups excluding tert-OH is 1. The first kappa shape index (κ1) is 15.8. The van der Waals surface area contributed by atoms with Crippen molar-refractivity contribution in [3.8, 4) is 0 Å². The van der Waals surface area contributed by atoms with E-state index in [1.165, 1.54) is 23.1 Å². The maximum absolute atomic E-state index is 9.77. The second-order valence-electron chi connectivity index (χ2n) is 6.96. The molecule has 2 aromatic rings. The largest absolute Gasteiger partial charge is 0.395 e. The van der Waals surface area contributed by atoms with Crippen LogP contribution in [-0.2, 0) is 12.8 Å². The van der Waals surface area contributed by atoms with Crippen molar-refractivity contribution in [3.05, 3.63) is 71.3 Å². The van der Waals surface area contributed by atoms with Crippen LogP contribution >= 0.6 is 0 Å². The van der Waals surface area contributed by atoms with Crippen molar-refractivity contribution >= 4 is 0 Å². The number of fused-ring (bicyclic) bond motifs is 1. The number of hydrazine groups is 1. The quantitative estimate of drug-likeness (QED) is 0.936. The summed E-state index contributed by atoms with van der Waals surface area (Å²) in [6.45, 7) is 2.37. The van der Waals surface area contributed by atoms with Crippen LogP contribution in [0, 0.1) is 0 Å². The number of aliphatic hydroxyl groups is 1. The van der Waals surface area contributed by atoms with Gasteiger partial charge >= 0.3 is 0 Å². The lowest BCUT2D eigenvalue weighted by Gasteiger charge is -2.44. The molecule has 3 heteroatoms. The molecule has 2 aliphatic heterocycles. The van der Waals surface area contributed by atoms with E-state index in [4.69, 9.17) is 0 Å². The Bertz CT molecular complexity index is 673. The number of nitrogens with zero attached hydrogens (tertiary/aromatic N) is 2. The first-order valence-corrected chi connectivity index (χ1v) is 9.12. The van der Waals surface area contributed by atoms with Gasteiger partial charge in [-0.3, -0.25) is 0 Å². The van der Waals surface area contributed by atoms with Gasteiger partial charge in [0, 0.05) is 19.1 Å². The van der Waals surface area contributed by atoms with E-state index < -0.39 is 0 Å². The van der Waals surface area contributed by atoms with E-state index in [9.17, 15) is 5.11 Å². The summed E-state index contributed by atoms with van der Waals surface area (Å²) in [6, 6.07) is 20.3. The van der Waals surface area contributed by atoms with Gasteiger partial charge in [-0.1, -0.05) is 54.6 Å². The number of hydrogen-bond acceptors (Lipinski definition) is 3. The van der Waals surface area contributed by atoms with Crippen molar-refractivity contribution < 1.29 is 5.11 Å². The molecule has 1 N–H and O–H groups in total. The third kappa shape index (κ3) is 3.00. The molecule has 0 aliphatic carbocycles. The summed E-state index contributed by atoms with van der Waals surface area (Å²) in [7, 11) is 0. The number of rotatable bonds is 4. The number of benzene rings is 2. The fourth-order valence-corrected chi connectivity index (χ4v) is 4.34. The van der Waals surface area contributed by atoms with Crippen LogP contribution in [0.15, 0.2) is 54.6 Å². The topological polar surface area (TPSA) is 26.7 Å². The Labute approximate surface area is 144 Å². The van der Waals surface area contributed by atoms with Crippen molar-refractivity contribution in [2.24, 2.45) is 0 Å². The molecule has 0 amide bonds. The summed E-state index contributed by atoms with van der Waals surface area (Å²) in [4.78, 5) is 0. The molecular formula is C21H26N2O. The summed E-state index contributed by atoms with van der Waals surface area (Å²) in [6.07, 6.45) is 4.40. The third-order valence-corrected chi connectivity index (χ3v) is 5.54. The molecule has 2 aromatic carbocycles. The molecule has 2 aliphatic rings. The fraction of sp³-hybridized carbons (Fsp3) is 0.429. The smallest absolute Gasteiger partial charge is 0.0600 e. The van der Waals surface area contributed by atoms with Crippen LogP contribution in [-0.4, -0.2) is 40.9 Å². The van der Waals surface area contributed by atoms with Gasteiger partial charge in [0.1, 0.15) is 0 Å². The minimum absolute atomic E-state index is 0.260. The normalized spacial score (nSPS) is 24.9. The molecule has 0 aromatic heterocycles. The standard InChI is InChI=1S/C21H26N2O/c24-16-19-10-6-13-22(19)23-14-12-18-9-4-5-11-20(18)21(23)15-17-7-2-1-3-8-17/h1-5,7-9,11,19,21,24H,6,10,12-16H2/t19-,21+/m0/s1. The highest BCUT2D eigenvalue weighted by atomic mass is 16.3. The van der Waals surface area contributed by atoms with E-state index >= 15 is 0 Å². The Hall–Kier alpha value is -1.68. The van der Waals surface area contributed by atoms with Crippen molar-refractivity contribution in [1.29, 1.82) is 0 Å². The van der Waals surface area contributed by atoms with Crippen LogP contribution in [0.4, 0.5) is 0 Å². The molecule has 1 fully saturated rings. The summed E-state index contributed by atoms with van der Waals surface area (Å²) in [5, 5.41) is 14.8. The summed E-state index contributed by atoms with van der Waals surface area (Å²) < 4.78 is 0. The van der Waals surface area contributed by atoms with E-state index in [-0.39, 0.29) is 12.6 Å². The molecule has 0 unspecified atom stereocenters. The predicted octanol–water partition coefficient (Wildman–Crippen LogP) is 3.20. The van der Waals surface area contributed by atoms with Gasteiger partial charge in [-0.25, -0.2) is 10.0 Å². The lowest BCUT2D eigenvalue weighted by molar-refractivity contribution is -0.0876. The lowest BCUT2D eigenvalue weighted by atomic mass is 9.89. The Balaban J connectivity index is 1.67. The molecule has 2 heterocycles. The van der Waals surface area contributed by atoms with Crippen LogP contribution in [0.1, 0.15) is 35.6 Å². The molecule has 0 bridgehead atoms. The number of hydrogen-bond donors (Lipinski definition) is 1. The van der Waals surface area contributed by atoms with Crippen molar-refractivity contribution in [2.45, 2.75) is 37.8 Å². The molecule has 3 nitrogen and oxygen atoms in total. The summed E-state index contributed by atoms with van der Waals surface area (Å²) in [5.74, 6) is 0. The molecule has 1 saturated heterocycles. The van der Waals surface area contributed by atoms with Crippen LogP contribution in [0.2, 0.25) is 0 Å². The first-order chi connectivity index (χ1) is 11.9. The maximum atomic E-state index is 9.77. The summed E-state index contributed by atoms with van der Waals surface area (Å²) in [5.41, 5.74) is 4.31. The monoisotopic (exact) mass is 322 g/mol. The second-order valence-corrected chi connectivity index (χ2v) is 6.96. The van der Waals surface area contributed by atoms with Crippen LogP contribution in [0.3, 0.4) is 0 Å². The van der Waals surface area contributed by atoms with E-state index in [1.54, 1.807) is 0 Å². The SMILES string of the molecule is OC[C@@H]1CCCN1N1CCc2ccccc2[C@H]1Cc1ccccc1. The Morgan fingerprint density at radius 3 is 2.54 bits per heavy atom. The Kier molecular flexibility index (Phi) is 4.65. The van der Waals surface area contributed by atoms with Gasteiger partial charge in [-0.15, -0.1) is 0 Å².